The second-order valence-electron chi connectivity index (χ2n) is 5.23. The molecule has 5 heteroatoms. The molecule has 0 unspecified atom stereocenters. The summed E-state index contributed by atoms with van der Waals surface area (Å²) in [6.45, 7) is 3.59. The van der Waals surface area contributed by atoms with Crippen molar-refractivity contribution in [1.29, 1.82) is 0 Å². The molecule has 0 spiro atoms. The van der Waals surface area contributed by atoms with Crippen LogP contribution in [0.4, 0.5) is 0 Å². The minimum atomic E-state index is 0.481. The Morgan fingerprint density at radius 1 is 1.18 bits per heavy atom. The van der Waals surface area contributed by atoms with Crippen LogP contribution in [-0.2, 0) is 13.0 Å². The lowest BCUT2D eigenvalue weighted by Gasteiger charge is -2.08. The van der Waals surface area contributed by atoms with Gasteiger partial charge in [-0.1, -0.05) is 36.8 Å². The summed E-state index contributed by atoms with van der Waals surface area (Å²) in [5.74, 6) is 0.898. The Labute approximate surface area is 131 Å². The molecular formula is C17H23N3O2. The van der Waals surface area contributed by atoms with Crippen molar-refractivity contribution in [1.82, 2.24) is 15.0 Å². The van der Waals surface area contributed by atoms with Gasteiger partial charge in [0.25, 0.3) is 0 Å². The number of hydrogen-bond donors (Lipinski definition) is 0. The highest BCUT2D eigenvalue weighted by Crippen LogP contribution is 2.11. The number of benzene rings is 1. The Kier molecular flexibility index (Phi) is 6.61. The normalized spacial score (nSPS) is 10.6. The highest BCUT2D eigenvalue weighted by molar-refractivity contribution is 5.73. The van der Waals surface area contributed by atoms with Crippen LogP contribution in [0.5, 0.6) is 5.75 Å². The third-order valence-electron chi connectivity index (χ3n) is 3.52. The number of aryl methyl sites for hydroxylation is 1. The van der Waals surface area contributed by atoms with Gasteiger partial charge >= 0.3 is 0 Å². The zero-order valence-corrected chi connectivity index (χ0v) is 13.1. The van der Waals surface area contributed by atoms with Crippen molar-refractivity contribution in [3.8, 4) is 5.75 Å². The van der Waals surface area contributed by atoms with Gasteiger partial charge in [-0.2, -0.15) is 0 Å². The van der Waals surface area contributed by atoms with E-state index in [-0.39, 0.29) is 0 Å². The average Bonchev–Trinajstić information content (AvgIpc) is 2.95. The second kappa shape index (κ2) is 8.97. The summed E-state index contributed by atoms with van der Waals surface area (Å²) in [7, 11) is 0. The number of para-hydroxylation sites is 1. The monoisotopic (exact) mass is 301 g/mol. The van der Waals surface area contributed by atoms with Crippen LogP contribution in [0, 0.1) is 0 Å². The first kappa shape index (κ1) is 16.2. The van der Waals surface area contributed by atoms with Crippen molar-refractivity contribution in [2.45, 2.75) is 45.6 Å². The number of hydrogen-bond acceptors (Lipinski definition) is 4. The fraction of sp³-hybridized carbons (Fsp3) is 0.471. The van der Waals surface area contributed by atoms with Gasteiger partial charge < -0.3 is 4.74 Å². The molecule has 1 heterocycles. The van der Waals surface area contributed by atoms with Crippen molar-refractivity contribution in [3.05, 3.63) is 41.7 Å². The minimum Gasteiger partial charge on any atom is -0.494 e. The quantitative estimate of drug-likeness (QED) is 0.499. The van der Waals surface area contributed by atoms with Crippen LogP contribution in [-0.4, -0.2) is 27.9 Å². The molecule has 0 N–H and O–H groups in total. The van der Waals surface area contributed by atoms with E-state index in [1.807, 2.05) is 35.0 Å². The van der Waals surface area contributed by atoms with E-state index in [0.29, 0.717) is 12.3 Å². The van der Waals surface area contributed by atoms with Crippen LogP contribution < -0.4 is 4.74 Å². The molecule has 0 saturated carbocycles. The highest BCUT2D eigenvalue weighted by Gasteiger charge is 2.11. The minimum absolute atomic E-state index is 0.481. The van der Waals surface area contributed by atoms with Crippen LogP contribution in [0.3, 0.4) is 0 Å². The van der Waals surface area contributed by atoms with Crippen LogP contribution in [0.25, 0.3) is 0 Å². The van der Waals surface area contributed by atoms with E-state index in [2.05, 4.69) is 17.2 Å². The van der Waals surface area contributed by atoms with Gasteiger partial charge in [0.05, 0.1) is 12.3 Å². The molecule has 0 aliphatic carbocycles. The van der Waals surface area contributed by atoms with Crippen LogP contribution in [0.15, 0.2) is 30.3 Å². The predicted molar refractivity (Wildman–Crippen MR) is 85.2 cm³/mol. The zero-order valence-electron chi connectivity index (χ0n) is 13.1. The molecule has 0 amide bonds. The molecule has 22 heavy (non-hydrogen) atoms. The summed E-state index contributed by atoms with van der Waals surface area (Å²) in [4.78, 5) is 11.0. The molecule has 0 aliphatic heterocycles. The largest absolute Gasteiger partial charge is 0.494 e. The number of aromatic nitrogens is 3. The van der Waals surface area contributed by atoms with Gasteiger partial charge in [-0.25, -0.2) is 4.68 Å². The number of unbranched alkanes of at least 4 members (excludes halogenated alkanes) is 2. The molecule has 0 aliphatic rings. The third-order valence-corrected chi connectivity index (χ3v) is 3.52. The summed E-state index contributed by atoms with van der Waals surface area (Å²) in [5.41, 5.74) is 1.44. The van der Waals surface area contributed by atoms with Crippen LogP contribution >= 0.6 is 0 Å². The van der Waals surface area contributed by atoms with E-state index in [1.165, 1.54) is 0 Å². The fourth-order valence-electron chi connectivity index (χ4n) is 2.29. The molecule has 1 aromatic carbocycles. The Morgan fingerprint density at radius 3 is 2.73 bits per heavy atom. The van der Waals surface area contributed by atoms with Gasteiger partial charge in [0, 0.05) is 6.54 Å². The van der Waals surface area contributed by atoms with E-state index in [4.69, 9.17) is 4.74 Å². The van der Waals surface area contributed by atoms with E-state index in [0.717, 1.165) is 56.4 Å². The van der Waals surface area contributed by atoms with Crippen molar-refractivity contribution in [2.75, 3.05) is 6.61 Å². The Bertz CT molecular complexity index is 567. The maximum absolute atomic E-state index is 11.0. The fourth-order valence-corrected chi connectivity index (χ4v) is 2.29. The van der Waals surface area contributed by atoms with E-state index < -0.39 is 0 Å². The zero-order chi connectivity index (χ0) is 15.6. The summed E-state index contributed by atoms with van der Waals surface area (Å²) in [5, 5.41) is 8.04. The van der Waals surface area contributed by atoms with E-state index in [1.54, 1.807) is 0 Å². The van der Waals surface area contributed by atoms with Gasteiger partial charge in [-0.05, 0) is 37.8 Å². The number of carbonyl (C=O) groups is 1. The second-order valence-corrected chi connectivity index (χ2v) is 5.23. The molecule has 0 atom stereocenters. The number of aldehydes is 1. The molecule has 2 rings (SSSR count). The van der Waals surface area contributed by atoms with Gasteiger partial charge in [0.2, 0.25) is 0 Å². The summed E-state index contributed by atoms with van der Waals surface area (Å²) < 4.78 is 7.53. The SMILES string of the molecule is CCCCc1c(C=O)nnn1CCCCOc1ccccc1. The topological polar surface area (TPSA) is 57.0 Å². The highest BCUT2D eigenvalue weighted by atomic mass is 16.5. The Morgan fingerprint density at radius 2 is 2.00 bits per heavy atom. The lowest BCUT2D eigenvalue weighted by molar-refractivity contribution is 0.111. The van der Waals surface area contributed by atoms with Crippen molar-refractivity contribution in [3.63, 3.8) is 0 Å². The van der Waals surface area contributed by atoms with E-state index >= 15 is 0 Å². The number of ether oxygens (including phenoxy) is 1. The standard InChI is InChI=1S/C17H23N3O2/c1-2-3-11-17-16(14-21)18-19-20(17)12-7-8-13-22-15-9-5-4-6-10-15/h4-6,9-10,14H,2-3,7-8,11-13H2,1H3. The predicted octanol–water partition coefficient (Wildman–Crippen LogP) is 3.29. The average molecular weight is 301 g/mol. The first-order chi connectivity index (χ1) is 10.8. The first-order valence-corrected chi connectivity index (χ1v) is 7.90. The van der Waals surface area contributed by atoms with Gasteiger partial charge in [0.1, 0.15) is 11.4 Å². The van der Waals surface area contributed by atoms with Gasteiger partial charge in [-0.15, -0.1) is 5.10 Å². The van der Waals surface area contributed by atoms with E-state index in [9.17, 15) is 4.79 Å². The van der Waals surface area contributed by atoms with Crippen molar-refractivity contribution in [2.24, 2.45) is 0 Å². The number of nitrogens with zero attached hydrogens (tertiary/aromatic N) is 3. The van der Waals surface area contributed by atoms with Crippen molar-refractivity contribution < 1.29 is 9.53 Å². The number of carbonyl (C=O) groups excluding carboxylic acids is 1. The molecule has 0 bridgehead atoms. The summed E-state index contributed by atoms with van der Waals surface area (Å²) in [6.07, 6.45) is 5.69. The number of rotatable bonds is 10. The van der Waals surface area contributed by atoms with Crippen LogP contribution in [0.1, 0.15) is 48.8 Å². The van der Waals surface area contributed by atoms with Gasteiger partial charge in [-0.3, -0.25) is 4.79 Å². The van der Waals surface area contributed by atoms with Crippen LogP contribution in [0.2, 0.25) is 0 Å². The first-order valence-electron chi connectivity index (χ1n) is 7.90. The Balaban J connectivity index is 1.76. The summed E-state index contributed by atoms with van der Waals surface area (Å²) >= 11 is 0. The molecule has 118 valence electrons. The molecule has 0 fully saturated rings. The van der Waals surface area contributed by atoms with Crippen molar-refractivity contribution >= 4 is 6.29 Å². The smallest absolute Gasteiger partial charge is 0.172 e. The molecule has 0 saturated heterocycles. The Hall–Kier alpha value is -2.17. The molecule has 5 nitrogen and oxygen atoms in total. The molecule has 0 radical (unpaired) electrons. The molecule has 2 aromatic rings. The molecule has 1 aromatic heterocycles. The maximum atomic E-state index is 11.0. The molecular weight excluding hydrogens is 278 g/mol. The lowest BCUT2D eigenvalue weighted by atomic mass is 10.1. The third kappa shape index (κ3) is 4.69. The van der Waals surface area contributed by atoms with Gasteiger partial charge in [0.15, 0.2) is 6.29 Å². The maximum Gasteiger partial charge on any atom is 0.172 e. The lowest BCUT2D eigenvalue weighted by Crippen LogP contribution is -2.08. The summed E-state index contributed by atoms with van der Waals surface area (Å²) in [6, 6.07) is 9.81.